The Hall–Kier alpha value is -2.28. The lowest BCUT2D eigenvalue weighted by Gasteiger charge is -2.11. The van der Waals surface area contributed by atoms with Gasteiger partial charge in [-0.15, -0.1) is 12.4 Å². The van der Waals surface area contributed by atoms with Gasteiger partial charge in [0.25, 0.3) is 0 Å². The lowest BCUT2D eigenvalue weighted by Crippen LogP contribution is -2.33. The van der Waals surface area contributed by atoms with Crippen LogP contribution in [0, 0.1) is 0 Å². The lowest BCUT2D eigenvalue weighted by atomic mass is 10.2. The molecule has 0 aliphatic carbocycles. The number of nitrogens with one attached hydrogen (secondary N) is 2. The highest BCUT2D eigenvalue weighted by Gasteiger charge is 2.15. The zero-order valence-corrected chi connectivity index (χ0v) is 16.8. The largest absolute Gasteiger partial charge is 0.494 e. The van der Waals surface area contributed by atoms with Crippen LogP contribution >= 0.6 is 12.4 Å². The summed E-state index contributed by atoms with van der Waals surface area (Å²) >= 11 is 0. The van der Waals surface area contributed by atoms with Crippen LogP contribution in [0.4, 0.5) is 5.69 Å². The Labute approximate surface area is 172 Å². The van der Waals surface area contributed by atoms with Crippen molar-refractivity contribution in [2.75, 3.05) is 31.6 Å². The predicted molar refractivity (Wildman–Crippen MR) is 112 cm³/mol. The van der Waals surface area contributed by atoms with Crippen molar-refractivity contribution in [2.45, 2.75) is 25.9 Å². The third-order valence-electron chi connectivity index (χ3n) is 4.19. The van der Waals surface area contributed by atoms with E-state index in [2.05, 4.69) is 10.6 Å². The van der Waals surface area contributed by atoms with Crippen molar-refractivity contribution in [1.29, 1.82) is 0 Å². The summed E-state index contributed by atoms with van der Waals surface area (Å²) in [7, 11) is 0. The van der Waals surface area contributed by atoms with Crippen LogP contribution in [-0.2, 0) is 9.53 Å². The summed E-state index contributed by atoms with van der Waals surface area (Å²) in [5.41, 5.74) is 0.734. The normalized spacial score (nSPS) is 15.5. The molecule has 6 nitrogen and oxygen atoms in total. The number of halogens is 1. The Morgan fingerprint density at radius 3 is 2.32 bits per heavy atom. The smallest absolute Gasteiger partial charge is 0.238 e. The molecule has 152 valence electrons. The summed E-state index contributed by atoms with van der Waals surface area (Å²) < 4.78 is 16.7. The fourth-order valence-corrected chi connectivity index (χ4v) is 2.87. The van der Waals surface area contributed by atoms with E-state index in [4.69, 9.17) is 14.2 Å². The Morgan fingerprint density at radius 2 is 1.71 bits per heavy atom. The number of benzene rings is 2. The number of amides is 1. The first-order chi connectivity index (χ1) is 13.2. The molecule has 1 unspecified atom stereocenters. The molecule has 1 fully saturated rings. The van der Waals surface area contributed by atoms with Crippen LogP contribution in [0.5, 0.6) is 17.2 Å². The molecule has 0 radical (unpaired) electrons. The quantitative estimate of drug-likeness (QED) is 0.658. The predicted octanol–water partition coefficient (Wildman–Crippen LogP) is 4.01. The van der Waals surface area contributed by atoms with Gasteiger partial charge in [0.2, 0.25) is 5.91 Å². The van der Waals surface area contributed by atoms with Crippen LogP contribution < -0.4 is 20.1 Å². The fourth-order valence-electron chi connectivity index (χ4n) is 2.87. The highest BCUT2D eigenvalue weighted by Crippen LogP contribution is 2.25. The van der Waals surface area contributed by atoms with E-state index >= 15 is 0 Å². The van der Waals surface area contributed by atoms with Gasteiger partial charge in [-0.3, -0.25) is 4.79 Å². The number of rotatable bonds is 9. The van der Waals surface area contributed by atoms with Gasteiger partial charge >= 0.3 is 0 Å². The first-order valence-electron chi connectivity index (χ1n) is 9.36. The maximum atomic E-state index is 12.0. The van der Waals surface area contributed by atoms with Crippen molar-refractivity contribution in [3.05, 3.63) is 48.5 Å². The topological polar surface area (TPSA) is 68.8 Å². The second kappa shape index (κ2) is 11.5. The van der Waals surface area contributed by atoms with Gasteiger partial charge in [0, 0.05) is 18.8 Å². The van der Waals surface area contributed by atoms with E-state index < -0.39 is 0 Å². The van der Waals surface area contributed by atoms with E-state index in [9.17, 15) is 4.79 Å². The number of anilines is 1. The SMILES string of the molecule is CCOc1ccc(Oc2ccc(NC(=O)CNCC3CCCO3)cc2)cc1.Cl. The zero-order valence-electron chi connectivity index (χ0n) is 16.0. The van der Waals surface area contributed by atoms with E-state index in [0.717, 1.165) is 36.6 Å². The first kappa shape index (κ1) is 22.0. The molecule has 0 spiro atoms. The number of hydrogen-bond acceptors (Lipinski definition) is 5. The van der Waals surface area contributed by atoms with Crippen molar-refractivity contribution in [1.82, 2.24) is 5.32 Å². The first-order valence-corrected chi connectivity index (χ1v) is 9.36. The molecule has 2 N–H and O–H groups in total. The van der Waals surface area contributed by atoms with Crippen molar-refractivity contribution in [2.24, 2.45) is 0 Å². The van der Waals surface area contributed by atoms with Gasteiger partial charge in [0.1, 0.15) is 17.2 Å². The Balaban J connectivity index is 0.00000280. The maximum absolute atomic E-state index is 12.0. The van der Waals surface area contributed by atoms with E-state index in [1.165, 1.54) is 0 Å². The molecule has 1 atom stereocenters. The van der Waals surface area contributed by atoms with Gasteiger partial charge in [-0.25, -0.2) is 0 Å². The Morgan fingerprint density at radius 1 is 1.07 bits per heavy atom. The number of hydrogen-bond donors (Lipinski definition) is 2. The standard InChI is InChI=1S/C21H26N2O4.ClH/c1-2-25-17-9-11-19(12-10-17)27-18-7-5-16(6-8-18)23-21(24)15-22-14-20-4-3-13-26-20;/h5-12,20,22H,2-4,13-15H2,1H3,(H,23,24);1H. The monoisotopic (exact) mass is 406 g/mol. The van der Waals surface area contributed by atoms with Crippen LogP contribution in [-0.4, -0.2) is 38.3 Å². The lowest BCUT2D eigenvalue weighted by molar-refractivity contribution is -0.115. The molecular formula is C21H27ClN2O4. The molecule has 1 aliphatic rings. The van der Waals surface area contributed by atoms with Crippen LogP contribution in [0.2, 0.25) is 0 Å². The highest BCUT2D eigenvalue weighted by atomic mass is 35.5. The van der Waals surface area contributed by atoms with Gasteiger partial charge in [-0.05, 0) is 68.3 Å². The van der Waals surface area contributed by atoms with Gasteiger partial charge in [-0.2, -0.15) is 0 Å². The molecule has 1 heterocycles. The van der Waals surface area contributed by atoms with Crippen molar-refractivity contribution in [3.63, 3.8) is 0 Å². The second-order valence-electron chi connectivity index (χ2n) is 6.34. The average Bonchev–Trinajstić information content (AvgIpc) is 3.19. The molecule has 1 saturated heterocycles. The van der Waals surface area contributed by atoms with Crippen molar-refractivity contribution < 1.29 is 19.0 Å². The Bertz CT molecular complexity index is 716. The van der Waals surface area contributed by atoms with Crippen molar-refractivity contribution >= 4 is 24.0 Å². The molecule has 0 aromatic heterocycles. The molecule has 1 amide bonds. The minimum absolute atomic E-state index is 0. The molecule has 0 saturated carbocycles. The zero-order chi connectivity index (χ0) is 18.9. The summed E-state index contributed by atoms with van der Waals surface area (Å²) in [4.78, 5) is 12.0. The van der Waals surface area contributed by atoms with Crippen molar-refractivity contribution in [3.8, 4) is 17.2 Å². The molecule has 2 aromatic carbocycles. The van der Waals surface area contributed by atoms with Gasteiger partial charge < -0.3 is 24.8 Å². The average molecular weight is 407 g/mol. The fraction of sp³-hybridized carbons (Fsp3) is 0.381. The molecular weight excluding hydrogens is 380 g/mol. The van der Waals surface area contributed by atoms with E-state index in [0.29, 0.717) is 18.9 Å². The number of ether oxygens (including phenoxy) is 3. The summed E-state index contributed by atoms with van der Waals surface area (Å²) in [5.74, 6) is 2.17. The van der Waals surface area contributed by atoms with Crippen LogP contribution in [0.25, 0.3) is 0 Å². The molecule has 2 aromatic rings. The molecule has 28 heavy (non-hydrogen) atoms. The van der Waals surface area contributed by atoms with Gasteiger partial charge in [-0.1, -0.05) is 0 Å². The minimum atomic E-state index is -0.0758. The number of carbonyl (C=O) groups is 1. The second-order valence-corrected chi connectivity index (χ2v) is 6.34. The van der Waals surface area contributed by atoms with Gasteiger partial charge in [0.15, 0.2) is 0 Å². The van der Waals surface area contributed by atoms with E-state index in [-0.39, 0.29) is 31.0 Å². The van der Waals surface area contributed by atoms with E-state index in [1.54, 1.807) is 0 Å². The molecule has 0 bridgehead atoms. The molecule has 3 rings (SSSR count). The Kier molecular flexibility index (Phi) is 9.07. The third kappa shape index (κ3) is 7.03. The highest BCUT2D eigenvalue weighted by molar-refractivity contribution is 5.92. The van der Waals surface area contributed by atoms with Crippen LogP contribution in [0.1, 0.15) is 19.8 Å². The summed E-state index contributed by atoms with van der Waals surface area (Å²) in [6.45, 7) is 4.39. The van der Waals surface area contributed by atoms with Gasteiger partial charge in [0.05, 0.1) is 19.3 Å². The van der Waals surface area contributed by atoms with E-state index in [1.807, 2.05) is 55.5 Å². The van der Waals surface area contributed by atoms with Crippen LogP contribution in [0.3, 0.4) is 0 Å². The molecule has 7 heteroatoms. The summed E-state index contributed by atoms with van der Waals surface area (Å²) in [6, 6.07) is 14.8. The third-order valence-corrected chi connectivity index (χ3v) is 4.19. The summed E-state index contributed by atoms with van der Waals surface area (Å²) in [6.07, 6.45) is 2.39. The minimum Gasteiger partial charge on any atom is -0.494 e. The molecule has 1 aliphatic heterocycles. The van der Waals surface area contributed by atoms with Crippen LogP contribution in [0.15, 0.2) is 48.5 Å². The summed E-state index contributed by atoms with van der Waals surface area (Å²) in [5, 5.41) is 6.00. The number of carbonyl (C=O) groups excluding carboxylic acids is 1. The maximum Gasteiger partial charge on any atom is 0.238 e.